The summed E-state index contributed by atoms with van der Waals surface area (Å²) in [4.78, 5) is 4.19. The van der Waals surface area contributed by atoms with Crippen LogP contribution in [0.15, 0.2) is 24.4 Å². The number of rotatable bonds is 10. The van der Waals surface area contributed by atoms with Crippen molar-refractivity contribution >= 4 is 7.60 Å². The SMILES string of the molecule is CCCCOP(=O)(Cc1ccccn1)OCCCC. The Bertz CT molecular complexity index is 370. The van der Waals surface area contributed by atoms with Crippen molar-refractivity contribution in [1.29, 1.82) is 0 Å². The van der Waals surface area contributed by atoms with Gasteiger partial charge in [-0.1, -0.05) is 32.8 Å². The van der Waals surface area contributed by atoms with Crippen LogP contribution < -0.4 is 0 Å². The summed E-state index contributed by atoms with van der Waals surface area (Å²) in [5.41, 5.74) is 0.749. The molecule has 1 heterocycles. The lowest BCUT2D eigenvalue weighted by Gasteiger charge is -2.18. The molecule has 1 aromatic heterocycles. The van der Waals surface area contributed by atoms with E-state index >= 15 is 0 Å². The number of hydrogen-bond donors (Lipinski definition) is 0. The van der Waals surface area contributed by atoms with Crippen LogP contribution in [0.5, 0.6) is 0 Å². The Hall–Kier alpha value is -0.700. The lowest BCUT2D eigenvalue weighted by molar-refractivity contribution is 0.198. The zero-order valence-electron chi connectivity index (χ0n) is 11.9. The first-order valence-corrected chi connectivity index (χ1v) is 8.71. The van der Waals surface area contributed by atoms with Crippen molar-refractivity contribution in [3.05, 3.63) is 30.1 Å². The number of hydrogen-bond acceptors (Lipinski definition) is 4. The first kappa shape index (κ1) is 16.4. The molecule has 0 bridgehead atoms. The number of nitrogens with zero attached hydrogens (tertiary/aromatic N) is 1. The second-order valence-corrected chi connectivity index (χ2v) is 6.52. The molecule has 0 saturated heterocycles. The highest BCUT2D eigenvalue weighted by Gasteiger charge is 2.25. The summed E-state index contributed by atoms with van der Waals surface area (Å²) in [5.74, 6) is 0. The second kappa shape index (κ2) is 9.24. The average molecular weight is 285 g/mol. The zero-order chi connectivity index (χ0) is 14.0. The normalized spacial score (nSPS) is 11.7. The van der Waals surface area contributed by atoms with Gasteiger partial charge in [-0.05, 0) is 25.0 Å². The van der Waals surface area contributed by atoms with Crippen LogP contribution in [0.1, 0.15) is 45.2 Å². The van der Waals surface area contributed by atoms with Crippen LogP contribution in [0.4, 0.5) is 0 Å². The third-order valence-corrected chi connectivity index (χ3v) is 4.52. The largest absolute Gasteiger partial charge is 0.336 e. The lowest BCUT2D eigenvalue weighted by Crippen LogP contribution is -2.03. The first-order valence-electron chi connectivity index (χ1n) is 6.98. The molecule has 4 nitrogen and oxygen atoms in total. The molecule has 0 amide bonds. The van der Waals surface area contributed by atoms with Crippen molar-refractivity contribution in [2.45, 2.75) is 45.7 Å². The summed E-state index contributed by atoms with van der Waals surface area (Å²) >= 11 is 0. The summed E-state index contributed by atoms with van der Waals surface area (Å²) in [6.45, 7) is 5.11. The van der Waals surface area contributed by atoms with Crippen LogP contribution in [0, 0.1) is 0 Å². The maximum atomic E-state index is 12.6. The maximum absolute atomic E-state index is 12.6. The van der Waals surface area contributed by atoms with Crippen molar-refractivity contribution in [3.8, 4) is 0 Å². The Morgan fingerprint density at radius 2 is 1.74 bits per heavy atom. The van der Waals surface area contributed by atoms with E-state index in [1.54, 1.807) is 6.20 Å². The van der Waals surface area contributed by atoms with Crippen LogP contribution >= 0.6 is 7.60 Å². The molecule has 19 heavy (non-hydrogen) atoms. The topological polar surface area (TPSA) is 48.4 Å². The quantitative estimate of drug-likeness (QED) is 0.472. The van der Waals surface area contributed by atoms with Crippen molar-refractivity contribution in [1.82, 2.24) is 4.98 Å². The zero-order valence-corrected chi connectivity index (χ0v) is 12.8. The molecule has 0 aliphatic heterocycles. The molecule has 0 atom stereocenters. The number of aromatic nitrogens is 1. The van der Waals surface area contributed by atoms with Gasteiger partial charge in [-0.25, -0.2) is 0 Å². The molecule has 1 rings (SSSR count). The van der Waals surface area contributed by atoms with Gasteiger partial charge in [-0.2, -0.15) is 0 Å². The van der Waals surface area contributed by atoms with Gasteiger partial charge in [0.1, 0.15) is 0 Å². The summed E-state index contributed by atoms with van der Waals surface area (Å²) in [6.07, 6.45) is 5.75. The fourth-order valence-electron chi connectivity index (χ4n) is 1.51. The van der Waals surface area contributed by atoms with E-state index in [0.29, 0.717) is 13.2 Å². The van der Waals surface area contributed by atoms with E-state index in [4.69, 9.17) is 9.05 Å². The predicted octanol–water partition coefficient (Wildman–Crippen LogP) is 4.41. The van der Waals surface area contributed by atoms with E-state index < -0.39 is 7.60 Å². The van der Waals surface area contributed by atoms with Crippen LogP contribution in [-0.4, -0.2) is 18.2 Å². The number of pyridine rings is 1. The molecule has 0 aliphatic carbocycles. The molecule has 0 spiro atoms. The van der Waals surface area contributed by atoms with Crippen LogP contribution in [0.25, 0.3) is 0 Å². The van der Waals surface area contributed by atoms with Crippen LogP contribution in [-0.2, 0) is 19.8 Å². The highest BCUT2D eigenvalue weighted by atomic mass is 31.2. The van der Waals surface area contributed by atoms with Gasteiger partial charge in [0.25, 0.3) is 0 Å². The Balaban J connectivity index is 2.59. The average Bonchev–Trinajstić information content (AvgIpc) is 2.40. The summed E-state index contributed by atoms with van der Waals surface area (Å²) in [5, 5.41) is 0. The van der Waals surface area contributed by atoms with Crippen molar-refractivity contribution < 1.29 is 13.6 Å². The van der Waals surface area contributed by atoms with E-state index in [1.807, 2.05) is 18.2 Å². The molecule has 108 valence electrons. The Kier molecular flexibility index (Phi) is 7.96. The minimum absolute atomic E-state index is 0.251. The molecule has 0 radical (unpaired) electrons. The molecule has 0 fully saturated rings. The molecule has 1 aromatic rings. The standard InChI is InChI=1S/C14H24NO3P/c1-3-5-11-17-19(16,18-12-6-4-2)13-14-9-7-8-10-15-14/h7-10H,3-6,11-13H2,1-2H3. The van der Waals surface area contributed by atoms with E-state index in [1.165, 1.54) is 0 Å². The van der Waals surface area contributed by atoms with Crippen molar-refractivity contribution in [2.24, 2.45) is 0 Å². The second-order valence-electron chi connectivity index (χ2n) is 4.46. The Morgan fingerprint density at radius 3 is 2.21 bits per heavy atom. The van der Waals surface area contributed by atoms with Crippen molar-refractivity contribution in [2.75, 3.05) is 13.2 Å². The lowest BCUT2D eigenvalue weighted by atomic mass is 10.4. The molecule has 0 aliphatic rings. The molecule has 5 heteroatoms. The molecule has 0 aromatic carbocycles. The van der Waals surface area contributed by atoms with Gasteiger partial charge in [0, 0.05) is 6.20 Å². The third-order valence-electron chi connectivity index (χ3n) is 2.65. The van der Waals surface area contributed by atoms with Gasteiger partial charge >= 0.3 is 7.60 Å². The minimum atomic E-state index is -3.06. The highest BCUT2D eigenvalue weighted by molar-refractivity contribution is 7.53. The maximum Gasteiger partial charge on any atom is 0.336 e. The smallest absolute Gasteiger partial charge is 0.308 e. The fourth-order valence-corrected chi connectivity index (χ4v) is 3.17. The van der Waals surface area contributed by atoms with Gasteiger partial charge in [-0.3, -0.25) is 9.55 Å². The van der Waals surface area contributed by atoms with Crippen LogP contribution in [0.3, 0.4) is 0 Å². The molecular formula is C14H24NO3P. The fraction of sp³-hybridized carbons (Fsp3) is 0.643. The Morgan fingerprint density at radius 1 is 1.11 bits per heavy atom. The van der Waals surface area contributed by atoms with Gasteiger partial charge in [-0.15, -0.1) is 0 Å². The van der Waals surface area contributed by atoms with Gasteiger partial charge < -0.3 is 9.05 Å². The number of unbranched alkanes of at least 4 members (excludes halogenated alkanes) is 2. The summed E-state index contributed by atoms with van der Waals surface area (Å²) in [6, 6.07) is 5.56. The monoisotopic (exact) mass is 285 g/mol. The molecule has 0 N–H and O–H groups in total. The first-order chi connectivity index (χ1) is 9.20. The third kappa shape index (κ3) is 6.86. The summed E-state index contributed by atoms with van der Waals surface area (Å²) in [7, 11) is -3.06. The summed E-state index contributed by atoms with van der Waals surface area (Å²) < 4.78 is 23.7. The van der Waals surface area contributed by atoms with Gasteiger partial charge in [0.15, 0.2) is 0 Å². The van der Waals surface area contributed by atoms with Crippen molar-refractivity contribution in [3.63, 3.8) is 0 Å². The van der Waals surface area contributed by atoms with E-state index in [-0.39, 0.29) is 6.16 Å². The molecular weight excluding hydrogens is 261 g/mol. The minimum Gasteiger partial charge on any atom is -0.308 e. The predicted molar refractivity (Wildman–Crippen MR) is 77.3 cm³/mol. The van der Waals surface area contributed by atoms with Crippen LogP contribution in [0.2, 0.25) is 0 Å². The molecule has 0 unspecified atom stereocenters. The van der Waals surface area contributed by atoms with Gasteiger partial charge in [0.2, 0.25) is 0 Å². The highest BCUT2D eigenvalue weighted by Crippen LogP contribution is 2.51. The van der Waals surface area contributed by atoms with E-state index in [2.05, 4.69) is 18.8 Å². The van der Waals surface area contributed by atoms with E-state index in [0.717, 1.165) is 31.4 Å². The van der Waals surface area contributed by atoms with Gasteiger partial charge in [0.05, 0.1) is 25.1 Å². The Labute approximate surface area is 116 Å². The molecule has 0 saturated carbocycles. The van der Waals surface area contributed by atoms with E-state index in [9.17, 15) is 4.57 Å².